The van der Waals surface area contributed by atoms with Gasteiger partial charge < -0.3 is 4.42 Å². The van der Waals surface area contributed by atoms with E-state index in [9.17, 15) is 4.79 Å². The van der Waals surface area contributed by atoms with E-state index in [1.54, 1.807) is 24.4 Å². The topological polar surface area (TPSA) is 67.5 Å². The highest BCUT2D eigenvalue weighted by atomic mass is 16.3. The van der Waals surface area contributed by atoms with Gasteiger partial charge in [0.15, 0.2) is 0 Å². The highest BCUT2D eigenvalue weighted by Gasteiger charge is 2.02. The SMILES string of the molecule is Cc1ccc(/C=N/NC(=O)c2cccnc2)o1. The zero-order chi connectivity index (χ0) is 12.1. The number of amides is 1. The van der Waals surface area contributed by atoms with Crippen LogP contribution in [0.2, 0.25) is 0 Å². The minimum absolute atomic E-state index is 0.308. The van der Waals surface area contributed by atoms with Gasteiger partial charge in [0.1, 0.15) is 11.5 Å². The van der Waals surface area contributed by atoms with Crippen LogP contribution in [0.3, 0.4) is 0 Å². The molecular formula is C12H11N3O2. The average molecular weight is 229 g/mol. The third-order valence-corrected chi connectivity index (χ3v) is 2.04. The van der Waals surface area contributed by atoms with Crippen LogP contribution in [0.5, 0.6) is 0 Å². The molecule has 0 saturated carbocycles. The predicted octanol–water partition coefficient (Wildman–Crippen LogP) is 1.75. The van der Waals surface area contributed by atoms with Gasteiger partial charge in [-0.2, -0.15) is 5.10 Å². The second-order valence-electron chi connectivity index (χ2n) is 3.39. The number of hydrogen-bond donors (Lipinski definition) is 1. The number of aryl methyl sites for hydroxylation is 1. The Labute approximate surface area is 98.2 Å². The molecule has 0 aliphatic rings. The number of hydrazone groups is 1. The lowest BCUT2D eigenvalue weighted by atomic mass is 10.3. The Hall–Kier alpha value is -2.43. The van der Waals surface area contributed by atoms with E-state index in [0.717, 1.165) is 5.76 Å². The maximum Gasteiger partial charge on any atom is 0.272 e. The molecule has 2 aromatic heterocycles. The van der Waals surface area contributed by atoms with E-state index in [1.807, 2.05) is 13.0 Å². The van der Waals surface area contributed by atoms with E-state index < -0.39 is 0 Å². The summed E-state index contributed by atoms with van der Waals surface area (Å²) >= 11 is 0. The van der Waals surface area contributed by atoms with E-state index in [2.05, 4.69) is 15.5 Å². The monoisotopic (exact) mass is 229 g/mol. The fourth-order valence-electron chi connectivity index (χ4n) is 1.24. The Bertz CT molecular complexity index is 532. The second kappa shape index (κ2) is 5.07. The summed E-state index contributed by atoms with van der Waals surface area (Å²) in [5.41, 5.74) is 2.85. The van der Waals surface area contributed by atoms with Gasteiger partial charge in [-0.15, -0.1) is 0 Å². The number of furan rings is 1. The van der Waals surface area contributed by atoms with Crippen LogP contribution in [-0.4, -0.2) is 17.1 Å². The molecule has 0 unspecified atom stereocenters. The summed E-state index contributed by atoms with van der Waals surface area (Å²) in [7, 11) is 0. The van der Waals surface area contributed by atoms with Gasteiger partial charge in [-0.05, 0) is 31.2 Å². The number of aromatic nitrogens is 1. The Morgan fingerprint density at radius 1 is 1.47 bits per heavy atom. The third kappa shape index (κ3) is 3.01. The van der Waals surface area contributed by atoms with Crippen molar-refractivity contribution in [3.63, 3.8) is 0 Å². The molecule has 0 atom stereocenters. The molecule has 1 amide bonds. The van der Waals surface area contributed by atoms with Crippen molar-refractivity contribution in [2.75, 3.05) is 0 Å². The van der Waals surface area contributed by atoms with Crippen molar-refractivity contribution in [3.8, 4) is 0 Å². The maximum atomic E-state index is 11.5. The van der Waals surface area contributed by atoms with Crippen molar-refractivity contribution in [3.05, 3.63) is 53.7 Å². The van der Waals surface area contributed by atoms with Crippen LogP contribution in [0.1, 0.15) is 21.9 Å². The van der Waals surface area contributed by atoms with Crippen LogP contribution in [-0.2, 0) is 0 Å². The number of carbonyl (C=O) groups excluding carboxylic acids is 1. The number of rotatable bonds is 3. The van der Waals surface area contributed by atoms with Crippen molar-refractivity contribution < 1.29 is 9.21 Å². The molecule has 0 aliphatic carbocycles. The van der Waals surface area contributed by atoms with Crippen LogP contribution in [0, 0.1) is 6.92 Å². The standard InChI is InChI=1S/C12H11N3O2/c1-9-4-5-11(17-9)8-14-15-12(16)10-3-2-6-13-7-10/h2-8H,1H3,(H,15,16)/b14-8+. The van der Waals surface area contributed by atoms with Gasteiger partial charge >= 0.3 is 0 Å². The fourth-order valence-corrected chi connectivity index (χ4v) is 1.24. The molecule has 0 saturated heterocycles. The van der Waals surface area contributed by atoms with E-state index in [-0.39, 0.29) is 5.91 Å². The van der Waals surface area contributed by atoms with Crippen molar-refractivity contribution in [1.82, 2.24) is 10.4 Å². The summed E-state index contributed by atoms with van der Waals surface area (Å²) < 4.78 is 5.26. The first kappa shape index (κ1) is 11.1. The molecule has 86 valence electrons. The Kier molecular flexibility index (Phi) is 3.30. The first-order chi connectivity index (χ1) is 8.25. The van der Waals surface area contributed by atoms with Crippen LogP contribution < -0.4 is 5.43 Å². The van der Waals surface area contributed by atoms with Gasteiger partial charge in [-0.3, -0.25) is 9.78 Å². The van der Waals surface area contributed by atoms with Gasteiger partial charge in [0, 0.05) is 12.4 Å². The smallest absolute Gasteiger partial charge is 0.272 e. The molecule has 2 rings (SSSR count). The summed E-state index contributed by atoms with van der Waals surface area (Å²) in [5.74, 6) is 1.08. The molecule has 1 N–H and O–H groups in total. The molecule has 0 fully saturated rings. The largest absolute Gasteiger partial charge is 0.460 e. The summed E-state index contributed by atoms with van der Waals surface area (Å²) in [5, 5.41) is 3.79. The van der Waals surface area contributed by atoms with Gasteiger partial charge in [0.25, 0.3) is 5.91 Å². The number of pyridine rings is 1. The van der Waals surface area contributed by atoms with Crippen molar-refractivity contribution in [1.29, 1.82) is 0 Å². The Morgan fingerprint density at radius 3 is 3.00 bits per heavy atom. The zero-order valence-electron chi connectivity index (χ0n) is 9.25. The summed E-state index contributed by atoms with van der Waals surface area (Å²) in [4.78, 5) is 15.4. The van der Waals surface area contributed by atoms with E-state index in [0.29, 0.717) is 11.3 Å². The molecule has 0 aliphatic heterocycles. The van der Waals surface area contributed by atoms with Gasteiger partial charge in [-0.25, -0.2) is 5.43 Å². The van der Waals surface area contributed by atoms with E-state index in [4.69, 9.17) is 4.42 Å². The van der Waals surface area contributed by atoms with E-state index in [1.165, 1.54) is 12.4 Å². The fraction of sp³-hybridized carbons (Fsp3) is 0.0833. The molecule has 0 bridgehead atoms. The molecule has 5 heteroatoms. The number of nitrogens with one attached hydrogen (secondary N) is 1. The van der Waals surface area contributed by atoms with Crippen molar-refractivity contribution in [2.24, 2.45) is 5.10 Å². The molecule has 2 heterocycles. The minimum Gasteiger partial charge on any atom is -0.460 e. The molecule has 5 nitrogen and oxygen atoms in total. The lowest BCUT2D eigenvalue weighted by molar-refractivity contribution is 0.0955. The molecule has 17 heavy (non-hydrogen) atoms. The lowest BCUT2D eigenvalue weighted by Gasteiger charge is -1.97. The van der Waals surface area contributed by atoms with Gasteiger partial charge in [0.2, 0.25) is 0 Å². The number of nitrogens with zero attached hydrogens (tertiary/aromatic N) is 2. The summed E-state index contributed by atoms with van der Waals surface area (Å²) in [6.45, 7) is 1.84. The number of hydrogen-bond acceptors (Lipinski definition) is 4. The lowest BCUT2D eigenvalue weighted by Crippen LogP contribution is -2.17. The Morgan fingerprint density at radius 2 is 2.35 bits per heavy atom. The third-order valence-electron chi connectivity index (χ3n) is 2.04. The molecular weight excluding hydrogens is 218 g/mol. The molecule has 0 aromatic carbocycles. The first-order valence-corrected chi connectivity index (χ1v) is 5.05. The number of carbonyl (C=O) groups is 1. The van der Waals surface area contributed by atoms with E-state index >= 15 is 0 Å². The molecule has 0 radical (unpaired) electrons. The van der Waals surface area contributed by atoms with Crippen molar-refractivity contribution >= 4 is 12.1 Å². The van der Waals surface area contributed by atoms with Crippen LogP contribution in [0.4, 0.5) is 0 Å². The normalized spacial score (nSPS) is 10.6. The second-order valence-corrected chi connectivity index (χ2v) is 3.39. The van der Waals surface area contributed by atoms with Crippen LogP contribution in [0.25, 0.3) is 0 Å². The van der Waals surface area contributed by atoms with Gasteiger partial charge in [-0.1, -0.05) is 0 Å². The van der Waals surface area contributed by atoms with Gasteiger partial charge in [0.05, 0.1) is 11.8 Å². The minimum atomic E-state index is -0.308. The maximum absolute atomic E-state index is 11.5. The Balaban J connectivity index is 1.95. The average Bonchev–Trinajstić information content (AvgIpc) is 2.76. The molecule has 0 spiro atoms. The summed E-state index contributed by atoms with van der Waals surface area (Å²) in [6, 6.07) is 6.95. The first-order valence-electron chi connectivity index (χ1n) is 5.05. The highest BCUT2D eigenvalue weighted by Crippen LogP contribution is 2.02. The molecule has 2 aromatic rings. The van der Waals surface area contributed by atoms with Crippen molar-refractivity contribution in [2.45, 2.75) is 6.92 Å². The zero-order valence-corrected chi connectivity index (χ0v) is 9.25. The quantitative estimate of drug-likeness (QED) is 0.644. The highest BCUT2D eigenvalue weighted by molar-refractivity contribution is 5.94. The van der Waals surface area contributed by atoms with Crippen LogP contribution in [0.15, 0.2) is 46.2 Å². The van der Waals surface area contributed by atoms with Crippen LogP contribution >= 0.6 is 0 Å². The predicted molar refractivity (Wildman–Crippen MR) is 62.7 cm³/mol. The summed E-state index contributed by atoms with van der Waals surface area (Å²) in [6.07, 6.45) is 4.52.